The van der Waals surface area contributed by atoms with Crippen molar-refractivity contribution >= 4 is 17.9 Å². The van der Waals surface area contributed by atoms with Gasteiger partial charge in [0.15, 0.2) is 6.10 Å². The van der Waals surface area contributed by atoms with Gasteiger partial charge in [-0.2, -0.15) is 0 Å². The Kier molecular flexibility index (Phi) is 58.2. The number of allylic oxidation sites excluding steroid dienone is 10. The van der Waals surface area contributed by atoms with Gasteiger partial charge in [-0.3, -0.25) is 14.4 Å². The topological polar surface area (TPSA) is 78.9 Å². The highest BCUT2D eigenvalue weighted by atomic mass is 16.6. The minimum absolute atomic E-state index is 0.0852. The van der Waals surface area contributed by atoms with Crippen LogP contribution < -0.4 is 0 Å². The van der Waals surface area contributed by atoms with Crippen LogP contribution in [0, 0.1) is 0 Å². The average molecular weight is 1010 g/mol. The Balaban J connectivity index is 4.28. The van der Waals surface area contributed by atoms with Crippen LogP contribution in [0.15, 0.2) is 60.8 Å². The Bertz CT molecular complexity index is 1290. The van der Waals surface area contributed by atoms with Gasteiger partial charge in [0.05, 0.1) is 0 Å². The van der Waals surface area contributed by atoms with E-state index in [2.05, 4.69) is 81.5 Å². The highest BCUT2D eigenvalue weighted by molar-refractivity contribution is 5.71. The summed E-state index contributed by atoms with van der Waals surface area (Å²) in [6.45, 7) is 6.53. The summed E-state index contributed by atoms with van der Waals surface area (Å²) in [5, 5.41) is 0. The molecule has 0 aliphatic rings. The molecule has 6 nitrogen and oxygen atoms in total. The van der Waals surface area contributed by atoms with Gasteiger partial charge in [0.25, 0.3) is 0 Å². The molecule has 0 aliphatic carbocycles. The molecule has 0 saturated heterocycles. The predicted molar refractivity (Wildman–Crippen MR) is 312 cm³/mol. The number of hydrogen-bond donors (Lipinski definition) is 0. The molecule has 1 unspecified atom stereocenters. The second-order valence-electron chi connectivity index (χ2n) is 20.9. The van der Waals surface area contributed by atoms with Crippen molar-refractivity contribution in [3.8, 4) is 0 Å². The Morgan fingerprint density at radius 1 is 0.292 bits per heavy atom. The van der Waals surface area contributed by atoms with E-state index in [0.717, 1.165) is 96.3 Å². The molecule has 0 aromatic heterocycles. The lowest BCUT2D eigenvalue weighted by Gasteiger charge is -2.18. The predicted octanol–water partition coefficient (Wildman–Crippen LogP) is 21.2. The summed E-state index contributed by atoms with van der Waals surface area (Å²) in [5.41, 5.74) is 0. The lowest BCUT2D eigenvalue weighted by molar-refractivity contribution is -0.167. The van der Waals surface area contributed by atoms with Gasteiger partial charge in [0, 0.05) is 19.3 Å². The maximum absolute atomic E-state index is 12.9. The van der Waals surface area contributed by atoms with Crippen molar-refractivity contribution in [2.75, 3.05) is 13.2 Å². The number of carbonyl (C=O) groups excluding carboxylic acids is 3. The molecule has 1 atom stereocenters. The van der Waals surface area contributed by atoms with E-state index >= 15 is 0 Å². The SMILES string of the molecule is CC/C=C\C/C=C\C/C=C\CCCCCC(=O)OCC(COC(=O)CCCCCCCCCCCCCCC/C=C\CCCCCCCCCC)OC(=O)CCCCCCC/C=C\CCCCCCCCC. The zero-order valence-corrected chi connectivity index (χ0v) is 47.9. The van der Waals surface area contributed by atoms with Gasteiger partial charge in [0.1, 0.15) is 13.2 Å². The number of ether oxygens (including phenoxy) is 3. The fourth-order valence-electron chi connectivity index (χ4n) is 9.04. The van der Waals surface area contributed by atoms with Gasteiger partial charge in [-0.25, -0.2) is 0 Å². The fourth-order valence-corrected chi connectivity index (χ4v) is 9.04. The first-order chi connectivity index (χ1) is 35.5. The average Bonchev–Trinajstić information content (AvgIpc) is 3.38. The molecule has 0 aliphatic heterocycles. The minimum atomic E-state index is -0.790. The van der Waals surface area contributed by atoms with E-state index in [1.807, 2.05) is 0 Å². The van der Waals surface area contributed by atoms with Crippen LogP contribution in [0.4, 0.5) is 0 Å². The van der Waals surface area contributed by atoms with Crippen LogP contribution in [0.5, 0.6) is 0 Å². The number of esters is 3. The van der Waals surface area contributed by atoms with Crippen LogP contribution in [0.25, 0.3) is 0 Å². The maximum atomic E-state index is 12.9. The van der Waals surface area contributed by atoms with Crippen molar-refractivity contribution in [1.29, 1.82) is 0 Å². The molecule has 0 aromatic carbocycles. The van der Waals surface area contributed by atoms with Gasteiger partial charge >= 0.3 is 17.9 Å². The van der Waals surface area contributed by atoms with Crippen molar-refractivity contribution in [3.63, 3.8) is 0 Å². The van der Waals surface area contributed by atoms with E-state index in [9.17, 15) is 14.4 Å². The largest absolute Gasteiger partial charge is 0.462 e. The van der Waals surface area contributed by atoms with Gasteiger partial charge in [-0.15, -0.1) is 0 Å². The molecule has 0 saturated carbocycles. The normalized spacial score (nSPS) is 12.4. The van der Waals surface area contributed by atoms with E-state index in [1.165, 1.54) is 186 Å². The molecule has 0 N–H and O–H groups in total. The summed E-state index contributed by atoms with van der Waals surface area (Å²) in [7, 11) is 0. The zero-order valence-electron chi connectivity index (χ0n) is 47.9. The lowest BCUT2D eigenvalue weighted by Crippen LogP contribution is -2.30. The van der Waals surface area contributed by atoms with E-state index in [-0.39, 0.29) is 31.1 Å². The van der Waals surface area contributed by atoms with Gasteiger partial charge < -0.3 is 14.2 Å². The third kappa shape index (κ3) is 58.0. The number of unbranched alkanes of at least 4 members (excludes halogenated alkanes) is 36. The van der Waals surface area contributed by atoms with E-state index < -0.39 is 6.10 Å². The second-order valence-corrected chi connectivity index (χ2v) is 20.9. The number of rotatable bonds is 57. The number of carbonyl (C=O) groups is 3. The molecule has 0 spiro atoms. The summed E-state index contributed by atoms with van der Waals surface area (Å²) in [6, 6.07) is 0. The van der Waals surface area contributed by atoms with Crippen LogP contribution >= 0.6 is 0 Å². The molecule has 0 aromatic rings. The lowest BCUT2D eigenvalue weighted by atomic mass is 10.0. The van der Waals surface area contributed by atoms with Crippen molar-refractivity contribution in [2.24, 2.45) is 0 Å². The standard InChI is InChI=1S/C66H118O6/c1-4-7-10-13-16-19-22-25-27-29-30-31-32-33-34-35-36-37-39-41-44-47-50-53-56-59-65(68)71-62-63(61-70-64(67)58-55-52-49-46-43-40-24-21-18-15-12-9-6-3)72-66(69)60-57-54-51-48-45-42-38-28-26-23-20-17-14-11-8-5-2/h9,12,18,21,28-30,38,40,43,63H,4-8,10-11,13-17,19-20,22-27,31-37,39,41-42,44-62H2,1-3H3/b12-9-,21-18-,30-29-,38-28-,43-40-. The first-order valence-corrected chi connectivity index (χ1v) is 31.3. The molecule has 6 heteroatoms. The minimum Gasteiger partial charge on any atom is -0.462 e. The molecule has 0 fully saturated rings. The van der Waals surface area contributed by atoms with Crippen molar-refractivity contribution in [1.82, 2.24) is 0 Å². The zero-order chi connectivity index (χ0) is 52.2. The first kappa shape index (κ1) is 69.1. The molecular formula is C66H118O6. The number of hydrogen-bond acceptors (Lipinski definition) is 6. The quantitative estimate of drug-likeness (QED) is 0.0261. The monoisotopic (exact) mass is 1010 g/mol. The molecule has 72 heavy (non-hydrogen) atoms. The molecular weight excluding hydrogens is 889 g/mol. The van der Waals surface area contributed by atoms with Gasteiger partial charge in [-0.05, 0) is 103 Å². The molecule has 0 radical (unpaired) electrons. The molecule has 0 rings (SSSR count). The van der Waals surface area contributed by atoms with Crippen molar-refractivity contribution in [3.05, 3.63) is 60.8 Å². The Labute approximate surface area is 447 Å². The second kappa shape index (κ2) is 60.7. The smallest absolute Gasteiger partial charge is 0.306 e. The third-order valence-electron chi connectivity index (χ3n) is 13.7. The van der Waals surface area contributed by atoms with E-state index in [1.54, 1.807) is 0 Å². The van der Waals surface area contributed by atoms with Crippen LogP contribution in [0.1, 0.15) is 323 Å². The van der Waals surface area contributed by atoms with Crippen molar-refractivity contribution < 1.29 is 28.6 Å². The summed E-state index contributed by atoms with van der Waals surface area (Å²) >= 11 is 0. The van der Waals surface area contributed by atoms with Gasteiger partial charge in [-0.1, -0.05) is 261 Å². The van der Waals surface area contributed by atoms with Crippen LogP contribution in [0.3, 0.4) is 0 Å². The van der Waals surface area contributed by atoms with E-state index in [0.29, 0.717) is 19.3 Å². The van der Waals surface area contributed by atoms with Crippen molar-refractivity contribution in [2.45, 2.75) is 329 Å². The molecule has 0 bridgehead atoms. The molecule has 418 valence electrons. The highest BCUT2D eigenvalue weighted by Crippen LogP contribution is 2.16. The highest BCUT2D eigenvalue weighted by Gasteiger charge is 2.19. The van der Waals surface area contributed by atoms with E-state index in [4.69, 9.17) is 14.2 Å². The summed E-state index contributed by atoms with van der Waals surface area (Å²) in [4.78, 5) is 38.2. The third-order valence-corrected chi connectivity index (χ3v) is 13.7. The first-order valence-electron chi connectivity index (χ1n) is 31.3. The Morgan fingerprint density at radius 2 is 0.542 bits per heavy atom. The molecule has 0 amide bonds. The Morgan fingerprint density at radius 3 is 0.875 bits per heavy atom. The van der Waals surface area contributed by atoms with Gasteiger partial charge in [0.2, 0.25) is 0 Å². The summed E-state index contributed by atoms with van der Waals surface area (Å²) < 4.78 is 16.9. The molecule has 0 heterocycles. The van der Waals surface area contributed by atoms with Crippen LogP contribution in [-0.4, -0.2) is 37.2 Å². The Hall–Kier alpha value is -2.89. The summed E-state index contributed by atoms with van der Waals surface area (Å²) in [6.07, 6.45) is 76.6. The van der Waals surface area contributed by atoms with Crippen LogP contribution in [-0.2, 0) is 28.6 Å². The fraction of sp³-hybridized carbons (Fsp3) is 0.803. The summed E-state index contributed by atoms with van der Waals surface area (Å²) in [5.74, 6) is -0.911. The van der Waals surface area contributed by atoms with Crippen LogP contribution in [0.2, 0.25) is 0 Å². The maximum Gasteiger partial charge on any atom is 0.306 e.